The van der Waals surface area contributed by atoms with Crippen LogP contribution in [-0.2, 0) is 6.18 Å². The van der Waals surface area contributed by atoms with E-state index in [9.17, 15) is 13.2 Å². The highest BCUT2D eigenvalue weighted by Crippen LogP contribution is 2.36. The van der Waals surface area contributed by atoms with Crippen LogP contribution in [-0.4, -0.2) is 11.3 Å². The largest absolute Gasteiger partial charge is 0.417 e. The molecule has 0 amide bonds. The first kappa shape index (κ1) is 12.1. The van der Waals surface area contributed by atoms with Crippen LogP contribution in [0, 0.1) is 0 Å². The van der Waals surface area contributed by atoms with Crippen molar-refractivity contribution in [1.82, 2.24) is 0 Å². The number of alkyl halides is 3. The zero-order chi connectivity index (χ0) is 11.6. The normalized spacial score (nSPS) is 13.7. The molecule has 0 bridgehead atoms. The third kappa shape index (κ3) is 3.28. The minimum Gasteiger partial charge on any atom is -0.374 e. The fourth-order valence-corrected chi connectivity index (χ4v) is 1.30. The Kier molecular flexibility index (Phi) is 3.46. The summed E-state index contributed by atoms with van der Waals surface area (Å²) in [5.41, 5.74) is -0.753. The van der Waals surface area contributed by atoms with Crippen molar-refractivity contribution in [2.24, 2.45) is 0 Å². The number of hydrogen-bond donors (Lipinski definition) is 2. The standard InChI is InChI=1S/C9H9ClF3NO/c1-5(15)14-6-2-3-8(10)7(4-6)9(11,12)13/h2-5,14-15H,1H3. The summed E-state index contributed by atoms with van der Waals surface area (Å²) in [4.78, 5) is 0. The van der Waals surface area contributed by atoms with Gasteiger partial charge in [0.15, 0.2) is 0 Å². The Morgan fingerprint density at radius 2 is 2.00 bits per heavy atom. The smallest absolute Gasteiger partial charge is 0.374 e. The van der Waals surface area contributed by atoms with Gasteiger partial charge in [-0.2, -0.15) is 13.2 Å². The third-order valence-corrected chi connectivity index (χ3v) is 1.98. The molecule has 0 spiro atoms. The number of benzene rings is 1. The van der Waals surface area contributed by atoms with Crippen LogP contribution < -0.4 is 5.32 Å². The Morgan fingerprint density at radius 3 is 2.47 bits per heavy atom. The summed E-state index contributed by atoms with van der Waals surface area (Å²) >= 11 is 5.41. The fourth-order valence-electron chi connectivity index (χ4n) is 1.07. The average molecular weight is 240 g/mol. The molecule has 0 aliphatic carbocycles. The van der Waals surface area contributed by atoms with Crippen molar-refractivity contribution < 1.29 is 18.3 Å². The summed E-state index contributed by atoms with van der Waals surface area (Å²) in [6.07, 6.45) is -5.42. The molecule has 0 aliphatic rings. The first-order valence-corrected chi connectivity index (χ1v) is 4.50. The van der Waals surface area contributed by atoms with Crippen molar-refractivity contribution in [3.8, 4) is 0 Å². The molecule has 0 saturated heterocycles. The van der Waals surface area contributed by atoms with Crippen LogP contribution in [0.3, 0.4) is 0 Å². The molecule has 0 heterocycles. The van der Waals surface area contributed by atoms with Crippen LogP contribution in [0.5, 0.6) is 0 Å². The lowest BCUT2D eigenvalue weighted by Crippen LogP contribution is -2.14. The number of anilines is 1. The molecule has 1 aromatic carbocycles. The summed E-state index contributed by atoms with van der Waals surface area (Å²) in [6, 6.07) is 3.36. The minimum atomic E-state index is -4.49. The van der Waals surface area contributed by atoms with E-state index in [1.54, 1.807) is 0 Å². The van der Waals surface area contributed by atoms with Crippen molar-refractivity contribution >= 4 is 17.3 Å². The van der Waals surface area contributed by atoms with Crippen LogP contribution in [0.4, 0.5) is 18.9 Å². The Balaban J connectivity index is 3.06. The van der Waals surface area contributed by atoms with E-state index in [-0.39, 0.29) is 10.7 Å². The fraction of sp³-hybridized carbons (Fsp3) is 0.333. The molecule has 0 aromatic heterocycles. The second-order valence-electron chi connectivity index (χ2n) is 3.01. The number of aliphatic hydroxyl groups is 1. The van der Waals surface area contributed by atoms with Gasteiger partial charge in [-0.15, -0.1) is 0 Å². The third-order valence-electron chi connectivity index (χ3n) is 1.65. The van der Waals surface area contributed by atoms with E-state index in [0.717, 1.165) is 12.1 Å². The average Bonchev–Trinajstić information content (AvgIpc) is 2.05. The SMILES string of the molecule is CC(O)Nc1ccc(Cl)c(C(F)(F)F)c1. The first-order valence-electron chi connectivity index (χ1n) is 4.12. The second kappa shape index (κ2) is 4.28. The number of rotatable bonds is 2. The Morgan fingerprint density at radius 1 is 1.40 bits per heavy atom. The zero-order valence-corrected chi connectivity index (χ0v) is 8.52. The lowest BCUT2D eigenvalue weighted by atomic mass is 10.2. The van der Waals surface area contributed by atoms with Gasteiger partial charge in [0.25, 0.3) is 0 Å². The molecule has 1 atom stereocenters. The van der Waals surface area contributed by atoms with Gasteiger partial charge < -0.3 is 10.4 Å². The van der Waals surface area contributed by atoms with Crippen LogP contribution in [0.2, 0.25) is 5.02 Å². The van der Waals surface area contributed by atoms with Crippen LogP contribution >= 0.6 is 11.6 Å². The molecule has 0 radical (unpaired) electrons. The molecular weight excluding hydrogens is 231 g/mol. The van der Waals surface area contributed by atoms with E-state index in [2.05, 4.69) is 5.32 Å². The molecule has 2 N–H and O–H groups in total. The highest BCUT2D eigenvalue weighted by atomic mass is 35.5. The molecule has 84 valence electrons. The number of halogens is 4. The van der Waals surface area contributed by atoms with Gasteiger partial charge in [0.2, 0.25) is 0 Å². The van der Waals surface area contributed by atoms with Crippen molar-refractivity contribution in [3.63, 3.8) is 0 Å². The van der Waals surface area contributed by atoms with Crippen molar-refractivity contribution in [3.05, 3.63) is 28.8 Å². The number of hydrogen-bond acceptors (Lipinski definition) is 2. The van der Waals surface area contributed by atoms with E-state index in [1.165, 1.54) is 13.0 Å². The maximum atomic E-state index is 12.4. The highest BCUT2D eigenvalue weighted by molar-refractivity contribution is 6.31. The maximum absolute atomic E-state index is 12.4. The van der Waals surface area contributed by atoms with Gasteiger partial charge >= 0.3 is 6.18 Å². The lowest BCUT2D eigenvalue weighted by Gasteiger charge is -2.13. The molecule has 1 unspecified atom stereocenters. The molecule has 1 rings (SSSR count). The van der Waals surface area contributed by atoms with Gasteiger partial charge in [-0.3, -0.25) is 0 Å². The van der Waals surface area contributed by atoms with Crippen LogP contribution in [0.25, 0.3) is 0 Å². The van der Waals surface area contributed by atoms with Crippen LogP contribution in [0.15, 0.2) is 18.2 Å². The molecule has 2 nitrogen and oxygen atoms in total. The molecule has 1 aromatic rings. The molecular formula is C9H9ClF3NO. The minimum absolute atomic E-state index is 0.168. The molecule has 6 heteroatoms. The summed E-state index contributed by atoms with van der Waals surface area (Å²) in [6.45, 7) is 1.40. The van der Waals surface area contributed by atoms with Gasteiger partial charge in [0.05, 0.1) is 10.6 Å². The van der Waals surface area contributed by atoms with Gasteiger partial charge in [-0.25, -0.2) is 0 Å². The summed E-state index contributed by atoms with van der Waals surface area (Å²) in [7, 11) is 0. The van der Waals surface area contributed by atoms with Gasteiger partial charge in [-0.05, 0) is 25.1 Å². The molecule has 0 aliphatic heterocycles. The first-order chi connectivity index (χ1) is 6.80. The summed E-state index contributed by atoms with van der Waals surface area (Å²) < 4.78 is 37.2. The monoisotopic (exact) mass is 239 g/mol. The van der Waals surface area contributed by atoms with Gasteiger partial charge in [-0.1, -0.05) is 11.6 Å². The molecule has 15 heavy (non-hydrogen) atoms. The second-order valence-corrected chi connectivity index (χ2v) is 3.42. The van der Waals surface area contributed by atoms with Crippen molar-refractivity contribution in [1.29, 1.82) is 0 Å². The molecule has 0 saturated carbocycles. The summed E-state index contributed by atoms with van der Waals surface area (Å²) in [5, 5.41) is 11.0. The van der Waals surface area contributed by atoms with E-state index >= 15 is 0 Å². The van der Waals surface area contributed by atoms with E-state index in [4.69, 9.17) is 16.7 Å². The zero-order valence-electron chi connectivity index (χ0n) is 7.77. The number of aliphatic hydroxyl groups excluding tert-OH is 1. The van der Waals surface area contributed by atoms with E-state index < -0.39 is 18.0 Å². The van der Waals surface area contributed by atoms with E-state index in [1.807, 2.05) is 0 Å². The van der Waals surface area contributed by atoms with Gasteiger partial charge in [0.1, 0.15) is 6.23 Å². The van der Waals surface area contributed by atoms with Crippen molar-refractivity contribution in [2.45, 2.75) is 19.3 Å². The van der Waals surface area contributed by atoms with Crippen LogP contribution in [0.1, 0.15) is 12.5 Å². The Labute approximate surface area is 89.7 Å². The van der Waals surface area contributed by atoms with E-state index in [0.29, 0.717) is 0 Å². The maximum Gasteiger partial charge on any atom is 0.417 e. The van der Waals surface area contributed by atoms with Crippen molar-refractivity contribution in [2.75, 3.05) is 5.32 Å². The predicted molar refractivity (Wildman–Crippen MR) is 51.8 cm³/mol. The predicted octanol–water partition coefficient (Wildman–Crippen LogP) is 3.11. The Hall–Kier alpha value is -0.940. The molecule has 0 fully saturated rings. The Bertz CT molecular complexity index is 352. The highest BCUT2D eigenvalue weighted by Gasteiger charge is 2.33. The quantitative estimate of drug-likeness (QED) is 0.778. The van der Waals surface area contributed by atoms with Gasteiger partial charge in [0, 0.05) is 5.69 Å². The number of nitrogens with one attached hydrogen (secondary N) is 1. The lowest BCUT2D eigenvalue weighted by molar-refractivity contribution is -0.137. The topological polar surface area (TPSA) is 32.3 Å². The summed E-state index contributed by atoms with van der Waals surface area (Å²) in [5.74, 6) is 0.